The summed E-state index contributed by atoms with van der Waals surface area (Å²) in [6.07, 6.45) is 12.3. The molecular formula is C33H47N11O4. The van der Waals surface area contributed by atoms with E-state index in [2.05, 4.69) is 31.8 Å². The Morgan fingerprint density at radius 1 is 1.12 bits per heavy atom. The second-order valence-electron chi connectivity index (χ2n) is 12.1. The number of benzene rings is 1. The molecule has 48 heavy (non-hydrogen) atoms. The number of morpholine rings is 1. The Balaban J connectivity index is 1.27. The van der Waals surface area contributed by atoms with Gasteiger partial charge in [0.05, 0.1) is 50.5 Å². The monoisotopic (exact) mass is 661 g/mol. The lowest BCUT2D eigenvalue weighted by Gasteiger charge is -2.38. The summed E-state index contributed by atoms with van der Waals surface area (Å²) in [6.45, 7) is 7.05. The molecule has 2 aromatic heterocycles. The zero-order chi connectivity index (χ0) is 33.7. The topological polar surface area (TPSA) is 185 Å². The predicted octanol–water partition coefficient (Wildman–Crippen LogP) is 3.63. The van der Waals surface area contributed by atoms with E-state index in [9.17, 15) is 5.26 Å². The number of nitrogens with one attached hydrogen (secondary N) is 3. The Morgan fingerprint density at radius 3 is 2.54 bits per heavy atom. The molecule has 2 fully saturated rings. The number of nitrogens with zero attached hydrogens (tertiary/aromatic N) is 7. The molecule has 0 amide bonds. The highest BCUT2D eigenvalue weighted by Crippen LogP contribution is 2.35. The maximum absolute atomic E-state index is 9.64. The number of unbranched alkanes of at least 4 members (excludes halogenated alkanes) is 1. The van der Waals surface area contributed by atoms with E-state index in [4.69, 9.17) is 35.3 Å². The smallest absolute Gasteiger partial charge is 0.256 e. The SMILES string of the molecule is COCCCCOc1nn(C2CCC(N3CCOCC3)CC2)cc1Nc1ncc(-c2ccc(C#N)c(O[C@@H](C)CN(C=N)NN)c2)cn1. The molecule has 0 spiro atoms. The Hall–Kier alpha value is -4.33. The Bertz CT molecular complexity index is 1480. The number of nitrogens with two attached hydrogens (primary N) is 1. The van der Waals surface area contributed by atoms with Crippen molar-refractivity contribution in [2.24, 2.45) is 5.84 Å². The zero-order valence-electron chi connectivity index (χ0n) is 27.8. The van der Waals surface area contributed by atoms with Crippen LogP contribution in [0.25, 0.3) is 11.1 Å². The van der Waals surface area contributed by atoms with Crippen LogP contribution in [-0.2, 0) is 9.47 Å². The maximum atomic E-state index is 9.64. The van der Waals surface area contributed by atoms with Crippen molar-refractivity contribution in [3.63, 3.8) is 0 Å². The Morgan fingerprint density at radius 2 is 1.85 bits per heavy atom. The zero-order valence-corrected chi connectivity index (χ0v) is 27.8. The van der Waals surface area contributed by atoms with Gasteiger partial charge in [0.15, 0.2) is 0 Å². The molecule has 15 heteroatoms. The average Bonchev–Trinajstić information content (AvgIpc) is 3.53. The van der Waals surface area contributed by atoms with Crippen molar-refractivity contribution in [2.45, 2.75) is 63.6 Å². The third kappa shape index (κ3) is 9.39. The molecule has 1 aliphatic heterocycles. The lowest BCUT2D eigenvalue weighted by molar-refractivity contribution is 0.00503. The number of hydrogen-bond acceptors (Lipinski definition) is 13. The van der Waals surface area contributed by atoms with Crippen LogP contribution < -0.4 is 26.2 Å². The molecule has 1 aliphatic carbocycles. The number of nitriles is 1. The number of methoxy groups -OCH3 is 1. The van der Waals surface area contributed by atoms with Crippen LogP contribution in [0.5, 0.6) is 11.6 Å². The molecular weight excluding hydrogens is 614 g/mol. The number of anilines is 2. The van der Waals surface area contributed by atoms with Crippen LogP contribution in [-0.4, -0.2) is 101 Å². The minimum Gasteiger partial charge on any atom is -0.487 e. The molecule has 1 aromatic carbocycles. The van der Waals surface area contributed by atoms with Crippen LogP contribution in [0.2, 0.25) is 0 Å². The predicted molar refractivity (Wildman–Crippen MR) is 181 cm³/mol. The Labute approximate surface area is 281 Å². The first-order valence-electron chi connectivity index (χ1n) is 16.6. The molecule has 5 rings (SSSR count). The van der Waals surface area contributed by atoms with Gasteiger partial charge in [-0.1, -0.05) is 6.07 Å². The van der Waals surface area contributed by atoms with E-state index in [0.717, 1.165) is 88.0 Å². The third-order valence-corrected chi connectivity index (χ3v) is 8.72. The number of aromatic nitrogens is 4. The highest BCUT2D eigenvalue weighted by atomic mass is 16.5. The first-order valence-corrected chi connectivity index (χ1v) is 16.6. The van der Waals surface area contributed by atoms with Gasteiger partial charge < -0.3 is 24.3 Å². The summed E-state index contributed by atoms with van der Waals surface area (Å²) in [6, 6.07) is 8.41. The first-order chi connectivity index (χ1) is 23.5. The quantitative estimate of drug-likeness (QED) is 0.0541. The van der Waals surface area contributed by atoms with Crippen molar-refractivity contribution in [3.8, 4) is 28.8 Å². The van der Waals surface area contributed by atoms with Crippen molar-refractivity contribution < 1.29 is 18.9 Å². The lowest BCUT2D eigenvalue weighted by Crippen LogP contribution is -2.46. The summed E-state index contributed by atoms with van der Waals surface area (Å²) < 4.78 is 25.0. The summed E-state index contributed by atoms with van der Waals surface area (Å²) >= 11 is 0. The number of hydrogen-bond donors (Lipinski definition) is 4. The van der Waals surface area contributed by atoms with Gasteiger partial charge in [0, 0.05) is 50.8 Å². The van der Waals surface area contributed by atoms with Gasteiger partial charge in [-0.15, -0.1) is 5.10 Å². The molecule has 0 bridgehead atoms. The van der Waals surface area contributed by atoms with E-state index >= 15 is 0 Å². The standard InChI is InChI=1S/C33H47N11O4/c1-24(21-43(23-35)41-36)48-31-17-25(5-6-26(31)18-34)27-19-37-33(38-20-27)39-30-22-44(40-32(30)47-14-4-3-13-45-2)29-9-7-28(8-10-29)42-11-15-46-16-12-42/h5-6,17,19-20,22-24,28-29,35,41H,3-4,7-16,21,36H2,1-2H3,(H,37,38,39)/t24-,28?,29?/m0/s1. The van der Waals surface area contributed by atoms with E-state index in [1.807, 2.05) is 23.9 Å². The fourth-order valence-electron chi connectivity index (χ4n) is 6.13. The van der Waals surface area contributed by atoms with Crippen LogP contribution in [0.15, 0.2) is 36.8 Å². The van der Waals surface area contributed by atoms with Crippen LogP contribution in [0.1, 0.15) is 57.1 Å². The highest BCUT2D eigenvalue weighted by molar-refractivity contribution is 5.67. The lowest BCUT2D eigenvalue weighted by atomic mass is 9.90. The summed E-state index contributed by atoms with van der Waals surface area (Å²) in [5, 5.41) is 26.6. The average molecular weight is 662 g/mol. The largest absolute Gasteiger partial charge is 0.487 e. The van der Waals surface area contributed by atoms with Crippen molar-refractivity contribution >= 4 is 18.0 Å². The van der Waals surface area contributed by atoms with Gasteiger partial charge in [-0.25, -0.2) is 9.97 Å². The molecule has 3 heterocycles. The van der Waals surface area contributed by atoms with Gasteiger partial charge in [0.1, 0.15) is 23.6 Å². The van der Waals surface area contributed by atoms with E-state index in [1.54, 1.807) is 31.6 Å². The Kier molecular flexibility index (Phi) is 12.9. The summed E-state index contributed by atoms with van der Waals surface area (Å²) in [5.41, 5.74) is 5.08. The molecule has 1 saturated heterocycles. The number of ether oxygens (including phenoxy) is 4. The van der Waals surface area contributed by atoms with Crippen molar-refractivity contribution in [1.29, 1.82) is 10.7 Å². The summed E-state index contributed by atoms with van der Waals surface area (Å²) in [7, 11) is 1.70. The molecule has 5 N–H and O–H groups in total. The van der Waals surface area contributed by atoms with Gasteiger partial charge >= 0.3 is 0 Å². The molecule has 3 aromatic rings. The molecule has 1 atom stereocenters. The molecule has 1 saturated carbocycles. The highest BCUT2D eigenvalue weighted by Gasteiger charge is 2.29. The van der Waals surface area contributed by atoms with Gasteiger partial charge in [-0.3, -0.25) is 25.8 Å². The van der Waals surface area contributed by atoms with Crippen LogP contribution in [0.3, 0.4) is 0 Å². The summed E-state index contributed by atoms with van der Waals surface area (Å²) in [4.78, 5) is 11.7. The molecule has 0 radical (unpaired) electrons. The van der Waals surface area contributed by atoms with Crippen molar-refractivity contribution in [2.75, 3.05) is 58.5 Å². The van der Waals surface area contributed by atoms with Crippen molar-refractivity contribution in [1.82, 2.24) is 35.2 Å². The van der Waals surface area contributed by atoms with E-state index < -0.39 is 0 Å². The van der Waals surface area contributed by atoms with Gasteiger partial charge in [0.2, 0.25) is 5.95 Å². The molecule has 258 valence electrons. The van der Waals surface area contributed by atoms with Crippen LogP contribution in [0, 0.1) is 16.7 Å². The van der Waals surface area contributed by atoms with Gasteiger partial charge in [-0.05, 0) is 63.1 Å². The van der Waals surface area contributed by atoms with Crippen LogP contribution in [0.4, 0.5) is 11.6 Å². The van der Waals surface area contributed by atoms with Gasteiger partial charge in [0.25, 0.3) is 5.88 Å². The van der Waals surface area contributed by atoms with Crippen molar-refractivity contribution in [3.05, 3.63) is 42.4 Å². The molecule has 2 aliphatic rings. The fraction of sp³-hybridized carbons (Fsp3) is 0.545. The summed E-state index contributed by atoms with van der Waals surface area (Å²) in [5.74, 6) is 6.80. The normalized spacial score (nSPS) is 18.9. The number of hydrazine groups is 2. The minimum atomic E-state index is -0.357. The van der Waals surface area contributed by atoms with Gasteiger partial charge in [-0.2, -0.15) is 10.8 Å². The van der Waals surface area contributed by atoms with E-state index in [0.29, 0.717) is 55.0 Å². The second kappa shape index (κ2) is 17.7. The molecule has 0 unspecified atom stereocenters. The minimum absolute atomic E-state index is 0.298. The number of rotatable bonds is 17. The molecule has 15 nitrogen and oxygen atoms in total. The first kappa shape index (κ1) is 35.0. The second-order valence-corrected chi connectivity index (χ2v) is 12.1. The fourth-order valence-corrected chi connectivity index (χ4v) is 6.13. The van der Waals surface area contributed by atoms with E-state index in [-0.39, 0.29) is 6.10 Å². The van der Waals surface area contributed by atoms with E-state index in [1.165, 1.54) is 5.01 Å². The third-order valence-electron chi connectivity index (χ3n) is 8.72. The maximum Gasteiger partial charge on any atom is 0.256 e. The van der Waals surface area contributed by atoms with Crippen LogP contribution >= 0.6 is 0 Å².